The smallest absolute Gasteiger partial charge is 0.221 e. The van der Waals surface area contributed by atoms with Gasteiger partial charge >= 0.3 is 0 Å². The zero-order chi connectivity index (χ0) is 17.9. The summed E-state index contributed by atoms with van der Waals surface area (Å²) in [7, 11) is 0. The largest absolute Gasteiger partial charge is 0.326 e. The highest BCUT2D eigenvalue weighted by Gasteiger charge is 2.23. The Bertz CT molecular complexity index is 939. The molecule has 0 saturated heterocycles. The lowest BCUT2D eigenvalue weighted by Crippen LogP contribution is -2.09. The number of tetrazole rings is 1. The van der Waals surface area contributed by atoms with Crippen molar-refractivity contribution in [1.29, 1.82) is 0 Å². The van der Waals surface area contributed by atoms with Crippen LogP contribution in [-0.2, 0) is 11.2 Å². The van der Waals surface area contributed by atoms with Crippen molar-refractivity contribution in [3.05, 3.63) is 59.7 Å². The lowest BCUT2D eigenvalue weighted by atomic mass is 9.91. The minimum Gasteiger partial charge on any atom is -0.326 e. The second-order valence-corrected chi connectivity index (χ2v) is 7.47. The Balaban J connectivity index is 1.62. The van der Waals surface area contributed by atoms with Crippen LogP contribution in [0, 0.1) is 0 Å². The first-order valence-corrected chi connectivity index (χ1v) is 9.49. The molecule has 6 nitrogen and oxygen atoms in total. The number of rotatable bonds is 4. The number of hydrogen-bond acceptors (Lipinski definition) is 5. The molecule has 0 saturated carbocycles. The van der Waals surface area contributed by atoms with Crippen molar-refractivity contribution in [2.45, 2.75) is 36.6 Å². The van der Waals surface area contributed by atoms with E-state index in [4.69, 9.17) is 0 Å². The molecule has 0 bridgehead atoms. The molecule has 1 atom stereocenters. The summed E-state index contributed by atoms with van der Waals surface area (Å²) < 4.78 is 1.73. The monoisotopic (exact) mass is 365 g/mol. The van der Waals surface area contributed by atoms with Gasteiger partial charge in [-0.1, -0.05) is 42.1 Å². The third kappa shape index (κ3) is 3.48. The average molecular weight is 365 g/mol. The van der Waals surface area contributed by atoms with Gasteiger partial charge in [-0.3, -0.25) is 4.79 Å². The van der Waals surface area contributed by atoms with Gasteiger partial charge in [0.05, 0.1) is 5.69 Å². The van der Waals surface area contributed by atoms with Crippen LogP contribution in [0.1, 0.15) is 36.1 Å². The van der Waals surface area contributed by atoms with E-state index >= 15 is 0 Å². The molecule has 0 radical (unpaired) electrons. The lowest BCUT2D eigenvalue weighted by molar-refractivity contribution is -0.114. The van der Waals surface area contributed by atoms with Crippen LogP contribution in [0.3, 0.4) is 0 Å². The third-order valence-electron chi connectivity index (χ3n) is 4.41. The maximum absolute atomic E-state index is 11.3. The summed E-state index contributed by atoms with van der Waals surface area (Å²) in [6, 6.07) is 16.1. The Labute approximate surface area is 156 Å². The quantitative estimate of drug-likeness (QED) is 0.761. The molecular weight excluding hydrogens is 346 g/mol. The number of amides is 1. The van der Waals surface area contributed by atoms with Gasteiger partial charge in [0.2, 0.25) is 11.1 Å². The van der Waals surface area contributed by atoms with Gasteiger partial charge < -0.3 is 5.32 Å². The van der Waals surface area contributed by atoms with E-state index in [2.05, 4.69) is 45.1 Å². The van der Waals surface area contributed by atoms with Gasteiger partial charge in [0.25, 0.3) is 0 Å². The molecule has 1 unspecified atom stereocenters. The standard InChI is InChI=1S/C19H19N5OS/c1-13(25)20-15-8-5-9-16(12-15)24-19(21-22-23-24)26-18-11-4-7-14-6-2-3-10-17(14)18/h2-3,5-6,8-10,12,18H,4,7,11H2,1H3,(H,20,25). The Morgan fingerprint density at radius 3 is 3.00 bits per heavy atom. The molecule has 0 fully saturated rings. The van der Waals surface area contributed by atoms with E-state index in [1.165, 1.54) is 24.5 Å². The summed E-state index contributed by atoms with van der Waals surface area (Å²) in [6.45, 7) is 1.49. The van der Waals surface area contributed by atoms with Gasteiger partial charge in [-0.05, 0) is 59.0 Å². The maximum Gasteiger partial charge on any atom is 0.221 e. The van der Waals surface area contributed by atoms with Crippen LogP contribution in [-0.4, -0.2) is 26.1 Å². The second-order valence-electron chi connectivity index (χ2n) is 6.30. The van der Waals surface area contributed by atoms with Crippen molar-refractivity contribution in [1.82, 2.24) is 20.2 Å². The molecule has 4 rings (SSSR count). The van der Waals surface area contributed by atoms with Crippen molar-refractivity contribution in [3.63, 3.8) is 0 Å². The fourth-order valence-electron chi connectivity index (χ4n) is 3.29. The van der Waals surface area contributed by atoms with E-state index in [0.717, 1.165) is 29.4 Å². The molecule has 3 aromatic rings. The second kappa shape index (κ2) is 7.29. The zero-order valence-corrected chi connectivity index (χ0v) is 15.2. The van der Waals surface area contributed by atoms with Gasteiger partial charge in [0, 0.05) is 17.9 Å². The number of anilines is 1. The molecule has 1 N–H and O–H groups in total. The number of benzene rings is 2. The first kappa shape index (κ1) is 16.8. The molecule has 26 heavy (non-hydrogen) atoms. The minimum atomic E-state index is -0.104. The number of aryl methyl sites for hydroxylation is 1. The van der Waals surface area contributed by atoms with Crippen LogP contribution < -0.4 is 5.32 Å². The van der Waals surface area contributed by atoms with Crippen LogP contribution in [0.15, 0.2) is 53.7 Å². The third-order valence-corrected chi connectivity index (χ3v) is 5.65. The summed E-state index contributed by atoms with van der Waals surface area (Å²) >= 11 is 1.69. The van der Waals surface area contributed by atoms with Crippen LogP contribution in [0.25, 0.3) is 5.69 Å². The molecule has 1 aromatic heterocycles. The molecule has 7 heteroatoms. The van der Waals surface area contributed by atoms with E-state index in [9.17, 15) is 4.79 Å². The molecule has 1 aliphatic rings. The molecule has 0 spiro atoms. The van der Waals surface area contributed by atoms with Crippen LogP contribution in [0.5, 0.6) is 0 Å². The van der Waals surface area contributed by atoms with Gasteiger partial charge in [-0.15, -0.1) is 5.10 Å². The van der Waals surface area contributed by atoms with E-state index in [1.54, 1.807) is 16.4 Å². The highest BCUT2D eigenvalue weighted by molar-refractivity contribution is 7.99. The van der Waals surface area contributed by atoms with Crippen LogP contribution in [0.2, 0.25) is 0 Å². The molecule has 0 aliphatic heterocycles. The van der Waals surface area contributed by atoms with E-state index in [0.29, 0.717) is 5.25 Å². The van der Waals surface area contributed by atoms with Crippen molar-refractivity contribution in [2.75, 3.05) is 5.32 Å². The van der Waals surface area contributed by atoms with Crippen LogP contribution >= 0.6 is 11.8 Å². The van der Waals surface area contributed by atoms with Crippen molar-refractivity contribution >= 4 is 23.4 Å². The Kier molecular flexibility index (Phi) is 4.71. The summed E-state index contributed by atoms with van der Waals surface area (Å²) in [4.78, 5) is 11.3. The number of carbonyl (C=O) groups excluding carboxylic acids is 1. The summed E-state index contributed by atoms with van der Waals surface area (Å²) in [6.07, 6.45) is 3.42. The molecule has 1 amide bonds. The topological polar surface area (TPSA) is 72.7 Å². The molecule has 1 aliphatic carbocycles. The average Bonchev–Trinajstić information content (AvgIpc) is 3.10. The first-order valence-electron chi connectivity index (χ1n) is 8.61. The highest BCUT2D eigenvalue weighted by Crippen LogP contribution is 2.42. The number of nitrogens with zero attached hydrogens (tertiary/aromatic N) is 4. The minimum absolute atomic E-state index is 0.104. The highest BCUT2D eigenvalue weighted by atomic mass is 32.2. The first-order chi connectivity index (χ1) is 12.7. The number of aromatic nitrogens is 4. The van der Waals surface area contributed by atoms with Gasteiger partial charge in [-0.2, -0.15) is 4.68 Å². The van der Waals surface area contributed by atoms with E-state index in [-0.39, 0.29) is 5.91 Å². The zero-order valence-electron chi connectivity index (χ0n) is 14.4. The predicted octanol–water partition coefficient (Wildman–Crippen LogP) is 3.79. The van der Waals surface area contributed by atoms with Gasteiger partial charge in [0.15, 0.2) is 0 Å². The normalized spacial score (nSPS) is 16.1. The fourth-order valence-corrected chi connectivity index (χ4v) is 4.51. The van der Waals surface area contributed by atoms with Gasteiger partial charge in [0.1, 0.15) is 0 Å². The number of hydrogen-bond donors (Lipinski definition) is 1. The Morgan fingerprint density at radius 1 is 1.23 bits per heavy atom. The van der Waals surface area contributed by atoms with Gasteiger partial charge in [-0.25, -0.2) is 0 Å². The molecule has 132 valence electrons. The van der Waals surface area contributed by atoms with Crippen LogP contribution in [0.4, 0.5) is 5.69 Å². The summed E-state index contributed by atoms with van der Waals surface area (Å²) in [5.41, 5.74) is 4.35. The Hall–Kier alpha value is -2.67. The van der Waals surface area contributed by atoms with E-state index in [1.807, 2.05) is 24.3 Å². The summed E-state index contributed by atoms with van der Waals surface area (Å²) in [5, 5.41) is 16.1. The maximum atomic E-state index is 11.3. The number of nitrogens with one attached hydrogen (secondary N) is 1. The summed E-state index contributed by atoms with van der Waals surface area (Å²) in [5.74, 6) is -0.104. The lowest BCUT2D eigenvalue weighted by Gasteiger charge is -2.24. The molecular formula is C19H19N5OS. The molecule has 1 heterocycles. The SMILES string of the molecule is CC(=O)Nc1cccc(-n2nnnc2SC2CCCc3ccccc32)c1. The predicted molar refractivity (Wildman–Crippen MR) is 101 cm³/mol. The van der Waals surface area contributed by atoms with Crippen molar-refractivity contribution in [3.8, 4) is 5.69 Å². The number of fused-ring (bicyclic) bond motifs is 1. The fraction of sp³-hybridized carbons (Fsp3) is 0.263. The number of thioether (sulfide) groups is 1. The van der Waals surface area contributed by atoms with E-state index < -0.39 is 0 Å². The van der Waals surface area contributed by atoms with Crippen molar-refractivity contribution < 1.29 is 4.79 Å². The number of carbonyl (C=O) groups is 1. The van der Waals surface area contributed by atoms with Crippen molar-refractivity contribution in [2.24, 2.45) is 0 Å². The Morgan fingerprint density at radius 2 is 2.12 bits per heavy atom. The molecule has 2 aromatic carbocycles.